The normalized spacial score (nSPS) is 13.6. The molecule has 0 radical (unpaired) electrons. The molecule has 1 amide bonds. The van der Waals surface area contributed by atoms with E-state index in [1.54, 1.807) is 0 Å². The van der Waals surface area contributed by atoms with E-state index in [1.807, 2.05) is 30.3 Å². The molecule has 27 heavy (non-hydrogen) atoms. The first-order valence-electron chi connectivity index (χ1n) is 9.77. The third-order valence-electron chi connectivity index (χ3n) is 5.10. The van der Waals surface area contributed by atoms with Crippen LogP contribution in [0.1, 0.15) is 42.6 Å². The zero-order chi connectivity index (χ0) is 19.8. The van der Waals surface area contributed by atoms with Gasteiger partial charge in [-0.1, -0.05) is 74.0 Å². The highest BCUT2D eigenvalue weighted by atomic mass is 16.2. The van der Waals surface area contributed by atoms with Crippen LogP contribution in [0.15, 0.2) is 54.6 Å². The molecule has 0 bridgehead atoms. The Kier molecular flexibility index (Phi) is 8.01. The van der Waals surface area contributed by atoms with Gasteiger partial charge in [0.2, 0.25) is 5.91 Å². The third-order valence-corrected chi connectivity index (χ3v) is 5.10. The number of nitrogens with one attached hydrogen (secondary N) is 1. The minimum Gasteiger partial charge on any atom is -0.353 e. The van der Waals surface area contributed by atoms with Crippen molar-refractivity contribution < 1.29 is 4.79 Å². The highest BCUT2D eigenvalue weighted by Gasteiger charge is 2.26. The molecule has 2 atom stereocenters. The fourth-order valence-electron chi connectivity index (χ4n) is 3.43. The van der Waals surface area contributed by atoms with Crippen LogP contribution in [0, 0.1) is 6.92 Å². The van der Waals surface area contributed by atoms with E-state index in [1.165, 1.54) is 11.1 Å². The maximum absolute atomic E-state index is 13.1. The lowest BCUT2D eigenvalue weighted by Gasteiger charge is -2.31. The topological polar surface area (TPSA) is 35.6 Å². The second-order valence-electron chi connectivity index (χ2n) is 7.17. The second kappa shape index (κ2) is 10.2. The lowest BCUT2D eigenvalue weighted by Crippen LogP contribution is -2.43. The SMILES string of the molecule is CCN(CC)C(C(=O)NCC(c1ccc(C)cc1)N(C)C)c1ccccc1. The molecule has 0 heterocycles. The molecule has 4 heteroatoms. The fraction of sp³-hybridized carbons (Fsp3) is 0.435. The second-order valence-corrected chi connectivity index (χ2v) is 7.17. The van der Waals surface area contributed by atoms with Crippen LogP contribution in [-0.4, -0.2) is 49.4 Å². The van der Waals surface area contributed by atoms with Gasteiger partial charge in [0.05, 0.1) is 6.04 Å². The number of benzene rings is 2. The van der Waals surface area contributed by atoms with Crippen molar-refractivity contribution in [1.82, 2.24) is 15.1 Å². The number of nitrogens with zero attached hydrogens (tertiary/aromatic N) is 2. The molecule has 0 aliphatic carbocycles. The van der Waals surface area contributed by atoms with Crippen molar-refractivity contribution in [2.75, 3.05) is 33.7 Å². The third kappa shape index (κ3) is 5.65. The molecule has 0 saturated carbocycles. The molecular weight excluding hydrogens is 334 g/mol. The summed E-state index contributed by atoms with van der Waals surface area (Å²) in [6, 6.07) is 18.5. The molecule has 0 aliphatic rings. The van der Waals surface area contributed by atoms with Crippen LogP contribution in [0.3, 0.4) is 0 Å². The first kappa shape index (κ1) is 21.1. The number of amides is 1. The minimum absolute atomic E-state index is 0.0591. The summed E-state index contributed by atoms with van der Waals surface area (Å²) in [4.78, 5) is 17.5. The fourth-order valence-corrected chi connectivity index (χ4v) is 3.43. The molecule has 146 valence electrons. The number of carbonyl (C=O) groups is 1. The Balaban J connectivity index is 2.16. The summed E-state index contributed by atoms with van der Waals surface area (Å²) in [5.41, 5.74) is 3.49. The van der Waals surface area contributed by atoms with Crippen LogP contribution in [0.2, 0.25) is 0 Å². The standard InChI is InChI=1S/C23H33N3O/c1-6-26(7-2)22(20-11-9-8-10-12-20)23(27)24-17-21(25(4)5)19-15-13-18(3)14-16-19/h8-16,21-22H,6-7,17H2,1-5H3,(H,24,27). The number of likely N-dealkylation sites (N-methyl/N-ethyl adjacent to an activating group) is 2. The van der Waals surface area contributed by atoms with E-state index in [-0.39, 0.29) is 18.0 Å². The van der Waals surface area contributed by atoms with Crippen LogP contribution in [-0.2, 0) is 4.79 Å². The highest BCUT2D eigenvalue weighted by molar-refractivity contribution is 5.83. The van der Waals surface area contributed by atoms with Crippen LogP contribution in [0.25, 0.3) is 0 Å². The van der Waals surface area contributed by atoms with E-state index in [9.17, 15) is 4.79 Å². The summed E-state index contributed by atoms with van der Waals surface area (Å²) in [6.07, 6.45) is 0. The van der Waals surface area contributed by atoms with E-state index in [4.69, 9.17) is 0 Å². The van der Waals surface area contributed by atoms with Crippen molar-refractivity contribution in [2.24, 2.45) is 0 Å². The van der Waals surface area contributed by atoms with Crippen molar-refractivity contribution in [3.63, 3.8) is 0 Å². The van der Waals surface area contributed by atoms with Crippen molar-refractivity contribution in [1.29, 1.82) is 0 Å². The summed E-state index contributed by atoms with van der Waals surface area (Å²) in [5, 5.41) is 3.20. The van der Waals surface area contributed by atoms with Gasteiger partial charge in [-0.25, -0.2) is 0 Å². The summed E-state index contributed by atoms with van der Waals surface area (Å²) in [6.45, 7) is 8.53. The average Bonchev–Trinajstić information content (AvgIpc) is 2.67. The molecule has 0 aliphatic heterocycles. The molecule has 0 spiro atoms. The molecule has 4 nitrogen and oxygen atoms in total. The van der Waals surface area contributed by atoms with Crippen molar-refractivity contribution >= 4 is 5.91 Å². The molecule has 2 aromatic carbocycles. The molecule has 0 aromatic heterocycles. The lowest BCUT2D eigenvalue weighted by molar-refractivity contribution is -0.126. The summed E-state index contributed by atoms with van der Waals surface area (Å²) >= 11 is 0. The van der Waals surface area contributed by atoms with E-state index >= 15 is 0 Å². The maximum atomic E-state index is 13.1. The van der Waals surface area contributed by atoms with Gasteiger partial charge < -0.3 is 10.2 Å². The summed E-state index contributed by atoms with van der Waals surface area (Å²) < 4.78 is 0. The van der Waals surface area contributed by atoms with E-state index in [0.29, 0.717) is 6.54 Å². The molecule has 0 fully saturated rings. The minimum atomic E-state index is -0.262. The molecule has 1 N–H and O–H groups in total. The molecule has 0 saturated heterocycles. The van der Waals surface area contributed by atoms with Gasteiger partial charge in [-0.2, -0.15) is 0 Å². The van der Waals surface area contributed by atoms with Gasteiger partial charge in [0.1, 0.15) is 6.04 Å². The molecule has 2 unspecified atom stereocenters. The van der Waals surface area contributed by atoms with E-state index in [0.717, 1.165) is 18.7 Å². The Labute approximate surface area is 164 Å². The Morgan fingerprint density at radius 2 is 1.52 bits per heavy atom. The molecular formula is C23H33N3O. The van der Waals surface area contributed by atoms with E-state index in [2.05, 4.69) is 74.2 Å². The largest absolute Gasteiger partial charge is 0.353 e. The predicted molar refractivity (Wildman–Crippen MR) is 113 cm³/mol. The van der Waals surface area contributed by atoms with Crippen LogP contribution >= 0.6 is 0 Å². The smallest absolute Gasteiger partial charge is 0.242 e. The van der Waals surface area contributed by atoms with Crippen LogP contribution in [0.5, 0.6) is 0 Å². The van der Waals surface area contributed by atoms with Gasteiger partial charge in [0, 0.05) is 6.54 Å². The van der Waals surface area contributed by atoms with Crippen LogP contribution in [0.4, 0.5) is 0 Å². The van der Waals surface area contributed by atoms with Crippen molar-refractivity contribution in [2.45, 2.75) is 32.9 Å². The van der Waals surface area contributed by atoms with Crippen molar-refractivity contribution in [3.05, 3.63) is 71.3 Å². The monoisotopic (exact) mass is 367 g/mol. The van der Waals surface area contributed by atoms with Gasteiger partial charge in [-0.3, -0.25) is 9.69 Å². The van der Waals surface area contributed by atoms with Gasteiger partial charge in [0.25, 0.3) is 0 Å². The summed E-state index contributed by atoms with van der Waals surface area (Å²) in [5.74, 6) is 0.0591. The zero-order valence-electron chi connectivity index (χ0n) is 17.3. The summed E-state index contributed by atoms with van der Waals surface area (Å²) in [7, 11) is 4.10. The van der Waals surface area contributed by atoms with Gasteiger partial charge in [-0.05, 0) is 45.2 Å². The quantitative estimate of drug-likeness (QED) is 0.732. The first-order valence-corrected chi connectivity index (χ1v) is 9.77. The Morgan fingerprint density at radius 3 is 2.04 bits per heavy atom. The Morgan fingerprint density at radius 1 is 0.926 bits per heavy atom. The number of hydrogen-bond acceptors (Lipinski definition) is 3. The number of carbonyl (C=O) groups excluding carboxylic acids is 1. The Bertz CT molecular complexity index is 693. The van der Waals surface area contributed by atoms with E-state index < -0.39 is 0 Å². The van der Waals surface area contributed by atoms with Crippen LogP contribution < -0.4 is 5.32 Å². The van der Waals surface area contributed by atoms with Gasteiger partial charge in [0.15, 0.2) is 0 Å². The number of hydrogen-bond donors (Lipinski definition) is 1. The number of aryl methyl sites for hydroxylation is 1. The maximum Gasteiger partial charge on any atom is 0.242 e. The Hall–Kier alpha value is -2.17. The lowest BCUT2D eigenvalue weighted by atomic mass is 10.0. The number of rotatable bonds is 9. The predicted octanol–water partition coefficient (Wildman–Crippen LogP) is 3.80. The van der Waals surface area contributed by atoms with Crippen molar-refractivity contribution in [3.8, 4) is 0 Å². The van der Waals surface area contributed by atoms with Gasteiger partial charge >= 0.3 is 0 Å². The zero-order valence-corrected chi connectivity index (χ0v) is 17.3. The average molecular weight is 368 g/mol. The van der Waals surface area contributed by atoms with Gasteiger partial charge in [-0.15, -0.1) is 0 Å². The highest BCUT2D eigenvalue weighted by Crippen LogP contribution is 2.22. The first-order chi connectivity index (χ1) is 13.0. The molecule has 2 rings (SSSR count). The molecule has 2 aromatic rings.